The molecular formula is C6H10O4. The molecular weight excluding hydrogens is 136 g/mol. The molecule has 0 aromatic heterocycles. The second kappa shape index (κ2) is 3.09. The van der Waals surface area contributed by atoms with Gasteiger partial charge in [-0.25, -0.2) is 0 Å². The molecule has 4 heteroatoms. The highest BCUT2D eigenvalue weighted by atomic mass is 16.7. The number of hydrogen-bond donors (Lipinski definition) is 1. The van der Waals surface area contributed by atoms with Crippen LogP contribution in [0.2, 0.25) is 0 Å². The Hall–Kier alpha value is -0.450. The third-order valence-electron chi connectivity index (χ3n) is 1.36. The molecule has 0 aromatic carbocycles. The van der Waals surface area contributed by atoms with Gasteiger partial charge >= 0.3 is 0 Å². The molecule has 58 valence electrons. The molecule has 0 unspecified atom stereocenters. The number of carbonyl (C=O) groups excluding carboxylic acids is 1. The number of rotatable bonds is 1. The monoisotopic (exact) mass is 146 g/mol. The minimum absolute atomic E-state index is 0.171. The van der Waals surface area contributed by atoms with E-state index in [1.807, 2.05) is 0 Å². The topological polar surface area (TPSA) is 55.8 Å². The van der Waals surface area contributed by atoms with E-state index in [2.05, 4.69) is 0 Å². The first kappa shape index (κ1) is 7.65. The summed E-state index contributed by atoms with van der Waals surface area (Å²) in [7, 11) is 0. The lowest BCUT2D eigenvalue weighted by Crippen LogP contribution is -2.43. The minimum Gasteiger partial charge on any atom is -0.388 e. The maximum absolute atomic E-state index is 10.2. The molecule has 0 spiro atoms. The van der Waals surface area contributed by atoms with Crippen molar-refractivity contribution in [3.05, 3.63) is 0 Å². The van der Waals surface area contributed by atoms with E-state index in [-0.39, 0.29) is 6.61 Å². The third-order valence-corrected chi connectivity index (χ3v) is 1.36. The van der Waals surface area contributed by atoms with E-state index in [1.165, 1.54) is 0 Å². The van der Waals surface area contributed by atoms with Gasteiger partial charge in [0.05, 0.1) is 6.61 Å². The number of aliphatic hydroxyl groups excluding tert-OH is 1. The van der Waals surface area contributed by atoms with E-state index in [4.69, 9.17) is 14.6 Å². The molecule has 1 N–H and O–H groups in total. The van der Waals surface area contributed by atoms with Crippen molar-refractivity contribution in [2.45, 2.75) is 25.4 Å². The maximum Gasteiger partial charge on any atom is 0.156 e. The SMILES string of the molecule is C[C@H]1OC[C@@H](O)[C@H](C=O)O1. The van der Waals surface area contributed by atoms with Crippen LogP contribution in [0.5, 0.6) is 0 Å². The normalized spacial score (nSPS) is 41.2. The van der Waals surface area contributed by atoms with Crippen LogP contribution in [0.15, 0.2) is 0 Å². The van der Waals surface area contributed by atoms with E-state index in [0.29, 0.717) is 6.29 Å². The van der Waals surface area contributed by atoms with Crippen LogP contribution in [0.4, 0.5) is 0 Å². The Morgan fingerprint density at radius 3 is 2.90 bits per heavy atom. The lowest BCUT2D eigenvalue weighted by Gasteiger charge is -2.28. The Bertz CT molecular complexity index is 125. The van der Waals surface area contributed by atoms with Crippen LogP contribution in [-0.2, 0) is 14.3 Å². The molecule has 0 aliphatic carbocycles. The van der Waals surface area contributed by atoms with Crippen LogP contribution in [0.1, 0.15) is 6.92 Å². The zero-order valence-corrected chi connectivity index (χ0v) is 5.69. The molecule has 1 aliphatic heterocycles. The zero-order chi connectivity index (χ0) is 7.56. The average molecular weight is 146 g/mol. The Morgan fingerprint density at radius 2 is 2.40 bits per heavy atom. The smallest absolute Gasteiger partial charge is 0.156 e. The van der Waals surface area contributed by atoms with Gasteiger partial charge in [0.25, 0.3) is 0 Å². The van der Waals surface area contributed by atoms with Gasteiger partial charge in [0.1, 0.15) is 12.2 Å². The second-order valence-electron chi connectivity index (χ2n) is 2.21. The molecule has 1 rings (SSSR count). The van der Waals surface area contributed by atoms with Crippen LogP contribution in [0.25, 0.3) is 0 Å². The van der Waals surface area contributed by atoms with Crippen molar-refractivity contribution < 1.29 is 19.4 Å². The third kappa shape index (κ3) is 1.53. The van der Waals surface area contributed by atoms with Gasteiger partial charge < -0.3 is 19.4 Å². The molecule has 0 radical (unpaired) electrons. The predicted molar refractivity (Wildman–Crippen MR) is 32.4 cm³/mol. The molecule has 1 fully saturated rings. The van der Waals surface area contributed by atoms with Crippen molar-refractivity contribution in [3.63, 3.8) is 0 Å². The fourth-order valence-electron chi connectivity index (χ4n) is 0.803. The van der Waals surface area contributed by atoms with Crippen molar-refractivity contribution in [2.24, 2.45) is 0 Å². The van der Waals surface area contributed by atoms with E-state index >= 15 is 0 Å². The first-order valence-corrected chi connectivity index (χ1v) is 3.14. The lowest BCUT2D eigenvalue weighted by molar-refractivity contribution is -0.234. The van der Waals surface area contributed by atoms with Crippen molar-refractivity contribution in [2.75, 3.05) is 6.61 Å². The number of aldehydes is 1. The van der Waals surface area contributed by atoms with Crippen molar-refractivity contribution in [3.8, 4) is 0 Å². The summed E-state index contributed by atoms with van der Waals surface area (Å²) >= 11 is 0. The Labute approximate surface area is 58.7 Å². The Kier molecular flexibility index (Phi) is 2.37. The zero-order valence-electron chi connectivity index (χ0n) is 5.69. The first-order chi connectivity index (χ1) is 4.74. The van der Waals surface area contributed by atoms with Crippen molar-refractivity contribution >= 4 is 6.29 Å². The lowest BCUT2D eigenvalue weighted by atomic mass is 10.2. The van der Waals surface area contributed by atoms with Gasteiger partial charge in [0.2, 0.25) is 0 Å². The van der Waals surface area contributed by atoms with Gasteiger partial charge in [-0.05, 0) is 6.92 Å². The van der Waals surface area contributed by atoms with Crippen LogP contribution < -0.4 is 0 Å². The van der Waals surface area contributed by atoms with Gasteiger partial charge in [-0.15, -0.1) is 0 Å². The summed E-state index contributed by atoms with van der Waals surface area (Å²) in [5.41, 5.74) is 0. The summed E-state index contributed by atoms with van der Waals surface area (Å²) in [4.78, 5) is 10.2. The van der Waals surface area contributed by atoms with Crippen LogP contribution in [-0.4, -0.2) is 36.5 Å². The minimum atomic E-state index is -0.811. The summed E-state index contributed by atoms with van der Waals surface area (Å²) in [6.45, 7) is 1.85. The standard InChI is InChI=1S/C6H10O4/c1-4-9-3-5(8)6(2-7)10-4/h2,4-6,8H,3H2,1H3/t4-,5+,6-/m0/s1. The van der Waals surface area contributed by atoms with Crippen molar-refractivity contribution in [1.82, 2.24) is 0 Å². The summed E-state index contributed by atoms with van der Waals surface area (Å²) in [6, 6.07) is 0. The molecule has 0 aromatic rings. The average Bonchev–Trinajstić information content (AvgIpc) is 1.94. The summed E-state index contributed by atoms with van der Waals surface area (Å²) in [5.74, 6) is 0. The number of hydrogen-bond acceptors (Lipinski definition) is 4. The van der Waals surface area contributed by atoms with E-state index in [9.17, 15) is 4.79 Å². The van der Waals surface area contributed by atoms with Gasteiger partial charge in [0, 0.05) is 0 Å². The fraction of sp³-hybridized carbons (Fsp3) is 0.833. The predicted octanol–water partition coefficient (Wildman–Crippen LogP) is -0.692. The Morgan fingerprint density at radius 1 is 1.70 bits per heavy atom. The fourth-order valence-corrected chi connectivity index (χ4v) is 0.803. The van der Waals surface area contributed by atoms with Gasteiger partial charge in [-0.1, -0.05) is 0 Å². The highest BCUT2D eigenvalue weighted by Gasteiger charge is 2.27. The quantitative estimate of drug-likeness (QED) is 0.497. The molecule has 1 saturated heterocycles. The molecule has 0 bridgehead atoms. The number of carbonyl (C=O) groups is 1. The van der Waals surface area contributed by atoms with Crippen LogP contribution >= 0.6 is 0 Å². The van der Waals surface area contributed by atoms with Gasteiger partial charge in [0.15, 0.2) is 12.6 Å². The molecule has 3 atom stereocenters. The van der Waals surface area contributed by atoms with Gasteiger partial charge in [-0.2, -0.15) is 0 Å². The molecule has 4 nitrogen and oxygen atoms in total. The highest BCUT2D eigenvalue weighted by Crippen LogP contribution is 2.10. The molecule has 1 heterocycles. The maximum atomic E-state index is 10.2. The number of aliphatic hydroxyl groups is 1. The number of ether oxygens (including phenoxy) is 2. The van der Waals surface area contributed by atoms with Crippen LogP contribution in [0, 0.1) is 0 Å². The molecule has 10 heavy (non-hydrogen) atoms. The second-order valence-corrected chi connectivity index (χ2v) is 2.21. The largest absolute Gasteiger partial charge is 0.388 e. The first-order valence-electron chi connectivity index (χ1n) is 3.14. The summed E-state index contributed by atoms with van der Waals surface area (Å²) in [5, 5.41) is 9.01. The Balaban J connectivity index is 2.45. The van der Waals surface area contributed by atoms with Crippen LogP contribution in [0.3, 0.4) is 0 Å². The van der Waals surface area contributed by atoms with E-state index in [0.717, 1.165) is 0 Å². The van der Waals surface area contributed by atoms with E-state index < -0.39 is 18.5 Å². The highest BCUT2D eigenvalue weighted by molar-refractivity contribution is 5.57. The summed E-state index contributed by atoms with van der Waals surface area (Å²) in [6.07, 6.45) is -1.33. The van der Waals surface area contributed by atoms with E-state index in [1.54, 1.807) is 6.92 Å². The van der Waals surface area contributed by atoms with Gasteiger partial charge in [-0.3, -0.25) is 0 Å². The molecule has 0 saturated carbocycles. The summed E-state index contributed by atoms with van der Waals surface area (Å²) < 4.78 is 9.80. The molecule has 0 amide bonds. The van der Waals surface area contributed by atoms with Crippen molar-refractivity contribution in [1.29, 1.82) is 0 Å². The molecule has 1 aliphatic rings.